The molecule has 0 atom stereocenters. The number of hydrogen-bond acceptors (Lipinski definition) is 3. The minimum absolute atomic E-state index is 0.126. The van der Waals surface area contributed by atoms with Gasteiger partial charge in [0.1, 0.15) is 5.82 Å². The van der Waals surface area contributed by atoms with E-state index in [2.05, 4.69) is 5.16 Å². The van der Waals surface area contributed by atoms with Gasteiger partial charge < -0.3 is 14.8 Å². The van der Waals surface area contributed by atoms with E-state index in [-0.39, 0.29) is 11.7 Å². The fourth-order valence-corrected chi connectivity index (χ4v) is 2.17. The molecule has 1 aromatic carbocycles. The molecule has 5 heteroatoms. The van der Waals surface area contributed by atoms with Crippen LogP contribution in [0.25, 0.3) is 22.0 Å². The van der Waals surface area contributed by atoms with Crippen LogP contribution in [0.2, 0.25) is 0 Å². The highest BCUT2D eigenvalue weighted by atomic mass is 19.1. The average molecular weight is 245 g/mol. The summed E-state index contributed by atoms with van der Waals surface area (Å²) in [5.74, 6) is -0.174. The molecule has 2 heterocycles. The van der Waals surface area contributed by atoms with Crippen LogP contribution >= 0.6 is 0 Å². The van der Waals surface area contributed by atoms with Crippen molar-refractivity contribution < 1.29 is 8.91 Å². The minimum Gasteiger partial charge on any atom is -0.367 e. The van der Waals surface area contributed by atoms with E-state index in [4.69, 9.17) is 10.3 Å². The maximum absolute atomic E-state index is 14.5. The van der Waals surface area contributed by atoms with Gasteiger partial charge in [0.2, 0.25) is 5.88 Å². The van der Waals surface area contributed by atoms with Crippen molar-refractivity contribution in [3.8, 4) is 11.1 Å². The first-order chi connectivity index (χ1) is 8.59. The fraction of sp³-hybridized carbons (Fsp3) is 0.154. The number of hydrogen-bond donors (Lipinski definition) is 1. The quantitative estimate of drug-likeness (QED) is 0.717. The van der Waals surface area contributed by atoms with Crippen LogP contribution in [0.4, 0.5) is 10.3 Å². The lowest BCUT2D eigenvalue weighted by Gasteiger charge is -2.03. The van der Waals surface area contributed by atoms with E-state index in [9.17, 15) is 4.39 Å². The molecule has 0 aliphatic carbocycles. The molecule has 2 aromatic heterocycles. The highest BCUT2D eigenvalue weighted by Crippen LogP contribution is 2.33. The van der Waals surface area contributed by atoms with Gasteiger partial charge in [-0.3, -0.25) is 0 Å². The molecule has 0 saturated heterocycles. The Bertz CT molecular complexity index is 742. The Balaban J connectivity index is 2.34. The van der Waals surface area contributed by atoms with Gasteiger partial charge in [-0.25, -0.2) is 4.39 Å². The number of nitrogens with two attached hydrogens (primary N) is 1. The van der Waals surface area contributed by atoms with Crippen LogP contribution in [0.5, 0.6) is 0 Å². The highest BCUT2D eigenvalue weighted by molar-refractivity contribution is 5.88. The smallest absolute Gasteiger partial charge is 0.230 e. The van der Waals surface area contributed by atoms with Crippen molar-refractivity contribution in [1.29, 1.82) is 0 Å². The summed E-state index contributed by atoms with van der Waals surface area (Å²) in [5, 5.41) is 4.15. The number of benzene rings is 1. The zero-order valence-corrected chi connectivity index (χ0v) is 10.1. The number of nitrogen functional groups attached to an aromatic ring is 1. The van der Waals surface area contributed by atoms with Gasteiger partial charge >= 0.3 is 0 Å². The van der Waals surface area contributed by atoms with Gasteiger partial charge in [0.25, 0.3) is 0 Å². The van der Waals surface area contributed by atoms with E-state index in [1.165, 1.54) is 6.20 Å². The predicted molar refractivity (Wildman–Crippen MR) is 67.5 cm³/mol. The van der Waals surface area contributed by atoms with Crippen LogP contribution in [0.15, 0.2) is 28.9 Å². The summed E-state index contributed by atoms with van der Waals surface area (Å²) in [6.07, 6.45) is 1.43. The van der Waals surface area contributed by atoms with Crippen molar-refractivity contribution in [2.45, 2.75) is 6.92 Å². The number of rotatable bonds is 1. The first-order valence-corrected chi connectivity index (χ1v) is 5.54. The lowest BCUT2D eigenvalue weighted by atomic mass is 10.1. The summed E-state index contributed by atoms with van der Waals surface area (Å²) in [4.78, 5) is 0. The zero-order chi connectivity index (χ0) is 12.9. The Morgan fingerprint density at radius 1 is 1.33 bits per heavy atom. The molecule has 3 rings (SSSR count). The molecular weight excluding hydrogens is 233 g/mol. The molecule has 4 nitrogen and oxygen atoms in total. The summed E-state index contributed by atoms with van der Waals surface area (Å²) in [7, 11) is 1.91. The molecule has 3 aromatic rings. The summed E-state index contributed by atoms with van der Waals surface area (Å²) in [6.45, 7) is 1.94. The molecule has 2 N–H and O–H groups in total. The molecule has 92 valence electrons. The number of aromatic nitrogens is 2. The van der Waals surface area contributed by atoms with E-state index in [0.29, 0.717) is 16.5 Å². The van der Waals surface area contributed by atoms with Gasteiger partial charge in [-0.2, -0.15) is 0 Å². The SMILES string of the molecule is Cc1cc2c(F)c(-c3cnoc3N)ccc2n1C. The number of fused-ring (bicyclic) bond motifs is 1. The average Bonchev–Trinajstić information content (AvgIpc) is 2.88. The molecule has 18 heavy (non-hydrogen) atoms. The lowest BCUT2D eigenvalue weighted by Crippen LogP contribution is -1.92. The number of aryl methyl sites for hydroxylation is 2. The molecule has 0 amide bonds. The third-order valence-corrected chi connectivity index (χ3v) is 3.29. The molecule has 0 fully saturated rings. The maximum atomic E-state index is 14.5. The van der Waals surface area contributed by atoms with Gasteiger partial charge in [-0.05, 0) is 25.1 Å². The van der Waals surface area contributed by atoms with Crippen LogP contribution in [0, 0.1) is 12.7 Å². The monoisotopic (exact) mass is 245 g/mol. The molecule has 0 saturated carbocycles. The summed E-state index contributed by atoms with van der Waals surface area (Å²) < 4.78 is 21.2. The molecule has 0 radical (unpaired) electrons. The van der Waals surface area contributed by atoms with E-state index >= 15 is 0 Å². The fourth-order valence-electron chi connectivity index (χ4n) is 2.17. The van der Waals surface area contributed by atoms with Gasteiger partial charge in [-0.1, -0.05) is 5.16 Å². The molecule has 0 aliphatic rings. The largest absolute Gasteiger partial charge is 0.367 e. The van der Waals surface area contributed by atoms with Crippen LogP contribution in [0.3, 0.4) is 0 Å². The topological polar surface area (TPSA) is 57.0 Å². The Morgan fingerprint density at radius 2 is 2.11 bits per heavy atom. The molecule has 0 unspecified atom stereocenters. The molecule has 0 spiro atoms. The predicted octanol–water partition coefficient (Wildman–Crippen LogP) is 2.86. The van der Waals surface area contributed by atoms with Gasteiger partial charge in [0.05, 0.1) is 17.3 Å². The molecule has 0 aliphatic heterocycles. The standard InChI is InChI=1S/C13H12FN3O/c1-7-5-9-11(17(7)2)4-3-8(12(9)14)10-6-16-18-13(10)15/h3-6H,15H2,1-2H3. The second-order valence-electron chi connectivity index (χ2n) is 4.31. The summed E-state index contributed by atoms with van der Waals surface area (Å²) in [5.41, 5.74) is 8.36. The van der Waals surface area contributed by atoms with E-state index < -0.39 is 0 Å². The number of anilines is 1. The lowest BCUT2D eigenvalue weighted by molar-refractivity contribution is 0.436. The van der Waals surface area contributed by atoms with Crippen molar-refractivity contribution in [1.82, 2.24) is 9.72 Å². The molecule has 0 bridgehead atoms. The van der Waals surface area contributed by atoms with Crippen LogP contribution in [0.1, 0.15) is 5.69 Å². The normalized spacial score (nSPS) is 11.3. The van der Waals surface area contributed by atoms with Crippen LogP contribution in [-0.4, -0.2) is 9.72 Å². The third kappa shape index (κ3) is 1.33. The molecular formula is C13H12FN3O. The second-order valence-corrected chi connectivity index (χ2v) is 4.31. The van der Waals surface area contributed by atoms with Gasteiger partial charge in [-0.15, -0.1) is 0 Å². The van der Waals surface area contributed by atoms with Crippen molar-refractivity contribution in [3.05, 3.63) is 35.9 Å². The van der Waals surface area contributed by atoms with Crippen molar-refractivity contribution in [2.75, 3.05) is 5.73 Å². The van der Waals surface area contributed by atoms with Gasteiger partial charge in [0.15, 0.2) is 0 Å². The van der Waals surface area contributed by atoms with Crippen molar-refractivity contribution in [3.63, 3.8) is 0 Å². The third-order valence-electron chi connectivity index (χ3n) is 3.29. The maximum Gasteiger partial charge on any atom is 0.230 e. The first kappa shape index (κ1) is 10.8. The van der Waals surface area contributed by atoms with Crippen molar-refractivity contribution >= 4 is 16.8 Å². The van der Waals surface area contributed by atoms with Crippen LogP contribution in [-0.2, 0) is 7.05 Å². The van der Waals surface area contributed by atoms with E-state index in [1.54, 1.807) is 6.07 Å². The highest BCUT2D eigenvalue weighted by Gasteiger charge is 2.16. The first-order valence-electron chi connectivity index (χ1n) is 5.54. The second kappa shape index (κ2) is 3.60. The Labute approximate surface area is 103 Å². The summed E-state index contributed by atoms with van der Waals surface area (Å²) >= 11 is 0. The Kier molecular flexibility index (Phi) is 2.16. The van der Waals surface area contributed by atoms with Crippen molar-refractivity contribution in [2.24, 2.45) is 7.05 Å². The van der Waals surface area contributed by atoms with Crippen LogP contribution < -0.4 is 5.73 Å². The van der Waals surface area contributed by atoms with E-state index in [1.807, 2.05) is 30.7 Å². The zero-order valence-electron chi connectivity index (χ0n) is 10.1. The van der Waals surface area contributed by atoms with E-state index in [0.717, 1.165) is 11.2 Å². The number of halogens is 1. The Morgan fingerprint density at radius 3 is 2.78 bits per heavy atom. The summed E-state index contributed by atoms with van der Waals surface area (Å²) in [6, 6.07) is 5.38. The number of nitrogens with zero attached hydrogens (tertiary/aromatic N) is 2. The Hall–Kier alpha value is -2.30. The minimum atomic E-state index is -0.300. The van der Waals surface area contributed by atoms with Gasteiger partial charge in [0, 0.05) is 23.7 Å².